The molecule has 0 amide bonds. The van der Waals surface area contributed by atoms with Crippen LogP contribution in [-0.4, -0.2) is 23.4 Å². The van der Waals surface area contributed by atoms with Crippen LogP contribution >= 0.6 is 0 Å². The molecule has 1 aromatic rings. The van der Waals surface area contributed by atoms with E-state index in [0.29, 0.717) is 6.54 Å². The van der Waals surface area contributed by atoms with Crippen LogP contribution in [0.5, 0.6) is 0 Å². The van der Waals surface area contributed by atoms with E-state index in [1.54, 1.807) is 0 Å². The molecule has 0 aliphatic carbocycles. The van der Waals surface area contributed by atoms with Gasteiger partial charge >= 0.3 is 5.97 Å². The Morgan fingerprint density at radius 2 is 1.86 bits per heavy atom. The molecule has 0 aliphatic heterocycles. The van der Waals surface area contributed by atoms with Gasteiger partial charge < -0.3 is 10.4 Å². The third-order valence-electron chi connectivity index (χ3n) is 1.69. The molecule has 0 heterocycles. The maximum Gasteiger partial charge on any atom is 0.372 e. The van der Waals surface area contributed by atoms with Crippen LogP contribution in [0.15, 0.2) is 30.3 Å². The van der Waals surface area contributed by atoms with Crippen LogP contribution in [0.4, 0.5) is 5.69 Å². The topological polar surface area (TPSA) is 66.4 Å². The largest absolute Gasteiger partial charge is 0.476 e. The number of hydrogen-bond donors (Lipinski definition) is 2. The molecule has 0 unspecified atom stereocenters. The highest BCUT2D eigenvalue weighted by molar-refractivity contribution is 6.32. The number of rotatable bonds is 5. The smallest absolute Gasteiger partial charge is 0.372 e. The van der Waals surface area contributed by atoms with E-state index in [4.69, 9.17) is 5.11 Å². The Kier molecular flexibility index (Phi) is 3.67. The second-order valence-corrected chi connectivity index (χ2v) is 2.77. The Balaban J connectivity index is 2.29. The summed E-state index contributed by atoms with van der Waals surface area (Å²) in [6.07, 6.45) is 0.00419. The first-order valence-electron chi connectivity index (χ1n) is 4.25. The third kappa shape index (κ3) is 3.26. The molecule has 0 aliphatic rings. The fraction of sp³-hybridized carbons (Fsp3) is 0.200. The third-order valence-corrected chi connectivity index (χ3v) is 1.69. The summed E-state index contributed by atoms with van der Waals surface area (Å²) >= 11 is 0. The number of carboxylic acids is 1. The average molecular weight is 193 g/mol. The molecule has 0 saturated heterocycles. The number of carbonyl (C=O) groups excluding carboxylic acids is 1. The Bertz CT molecular complexity index is 321. The number of anilines is 1. The molecule has 0 fully saturated rings. The van der Waals surface area contributed by atoms with Crippen molar-refractivity contribution in [3.63, 3.8) is 0 Å². The lowest BCUT2D eigenvalue weighted by atomic mass is 10.2. The van der Waals surface area contributed by atoms with Gasteiger partial charge in [0.25, 0.3) is 0 Å². The quantitative estimate of drug-likeness (QED) is 0.688. The predicted molar refractivity (Wildman–Crippen MR) is 52.2 cm³/mol. The van der Waals surface area contributed by atoms with Gasteiger partial charge in [-0.1, -0.05) is 18.2 Å². The van der Waals surface area contributed by atoms with Gasteiger partial charge in [-0.25, -0.2) is 4.79 Å². The van der Waals surface area contributed by atoms with E-state index in [0.717, 1.165) is 5.69 Å². The number of nitrogens with one attached hydrogen (secondary N) is 1. The summed E-state index contributed by atoms with van der Waals surface area (Å²) < 4.78 is 0. The summed E-state index contributed by atoms with van der Waals surface area (Å²) in [4.78, 5) is 20.9. The highest BCUT2D eigenvalue weighted by atomic mass is 16.4. The highest BCUT2D eigenvalue weighted by Gasteiger charge is 2.09. The Morgan fingerprint density at radius 3 is 2.43 bits per heavy atom. The number of carboxylic acid groups (broad SMARTS) is 1. The zero-order valence-electron chi connectivity index (χ0n) is 7.56. The van der Waals surface area contributed by atoms with Crippen molar-refractivity contribution in [1.29, 1.82) is 0 Å². The summed E-state index contributed by atoms with van der Waals surface area (Å²) in [5.74, 6) is -2.15. The molecule has 4 heteroatoms. The minimum absolute atomic E-state index is 0.00419. The number of ketones is 1. The van der Waals surface area contributed by atoms with Crippen molar-refractivity contribution in [2.45, 2.75) is 6.42 Å². The molecule has 74 valence electrons. The molecule has 0 radical (unpaired) electrons. The van der Waals surface area contributed by atoms with Gasteiger partial charge in [0.15, 0.2) is 0 Å². The van der Waals surface area contributed by atoms with Crippen molar-refractivity contribution in [1.82, 2.24) is 0 Å². The van der Waals surface area contributed by atoms with E-state index in [1.165, 1.54) is 0 Å². The van der Waals surface area contributed by atoms with Crippen molar-refractivity contribution in [2.75, 3.05) is 11.9 Å². The highest BCUT2D eigenvalue weighted by Crippen LogP contribution is 2.04. The molecule has 1 aromatic carbocycles. The summed E-state index contributed by atoms with van der Waals surface area (Å²) in [6, 6.07) is 9.31. The van der Waals surface area contributed by atoms with Gasteiger partial charge in [-0.05, 0) is 12.1 Å². The predicted octanol–water partition coefficient (Wildman–Crippen LogP) is 1.14. The van der Waals surface area contributed by atoms with Crippen molar-refractivity contribution in [3.05, 3.63) is 30.3 Å². The summed E-state index contributed by atoms with van der Waals surface area (Å²) in [5, 5.41) is 11.2. The zero-order valence-corrected chi connectivity index (χ0v) is 7.56. The molecule has 0 saturated carbocycles. The number of Topliss-reactive ketones (excluding diaryl/α,β-unsaturated/α-hetero) is 1. The monoisotopic (exact) mass is 193 g/mol. The van der Waals surface area contributed by atoms with E-state index in [1.807, 2.05) is 30.3 Å². The molecule has 14 heavy (non-hydrogen) atoms. The molecular weight excluding hydrogens is 182 g/mol. The fourth-order valence-electron chi connectivity index (χ4n) is 0.983. The molecule has 0 bridgehead atoms. The molecule has 0 aromatic heterocycles. The van der Waals surface area contributed by atoms with Crippen LogP contribution in [0.3, 0.4) is 0 Å². The van der Waals surface area contributed by atoms with Crippen molar-refractivity contribution in [2.24, 2.45) is 0 Å². The number of aliphatic carboxylic acids is 1. The van der Waals surface area contributed by atoms with Crippen LogP contribution in [-0.2, 0) is 9.59 Å². The van der Waals surface area contributed by atoms with Crippen molar-refractivity contribution >= 4 is 17.4 Å². The number of para-hydroxylation sites is 1. The van der Waals surface area contributed by atoms with Crippen LogP contribution in [0.1, 0.15) is 6.42 Å². The molecular formula is C10H11NO3. The summed E-state index contributed by atoms with van der Waals surface area (Å²) in [6.45, 7) is 0.342. The average Bonchev–Trinajstić information content (AvgIpc) is 2.19. The number of hydrogen-bond acceptors (Lipinski definition) is 3. The Morgan fingerprint density at radius 1 is 1.21 bits per heavy atom. The van der Waals surface area contributed by atoms with E-state index in [2.05, 4.69) is 5.32 Å². The lowest BCUT2D eigenvalue weighted by Crippen LogP contribution is -2.16. The van der Waals surface area contributed by atoms with Crippen molar-refractivity contribution < 1.29 is 14.7 Å². The SMILES string of the molecule is O=C(O)C(=O)CCNc1ccccc1. The van der Waals surface area contributed by atoms with Gasteiger partial charge in [-0.3, -0.25) is 4.79 Å². The van der Waals surface area contributed by atoms with Gasteiger partial charge in [-0.2, -0.15) is 0 Å². The first-order valence-corrected chi connectivity index (χ1v) is 4.25. The van der Waals surface area contributed by atoms with E-state index < -0.39 is 11.8 Å². The van der Waals surface area contributed by atoms with Gasteiger partial charge in [0.1, 0.15) is 0 Å². The number of carbonyl (C=O) groups is 2. The lowest BCUT2D eigenvalue weighted by molar-refractivity contribution is -0.148. The maximum absolute atomic E-state index is 10.7. The van der Waals surface area contributed by atoms with Crippen LogP contribution in [0, 0.1) is 0 Å². The first kappa shape index (κ1) is 10.2. The lowest BCUT2D eigenvalue weighted by Gasteiger charge is -2.03. The minimum Gasteiger partial charge on any atom is -0.476 e. The van der Waals surface area contributed by atoms with Crippen LogP contribution in [0.25, 0.3) is 0 Å². The van der Waals surface area contributed by atoms with Crippen LogP contribution in [0.2, 0.25) is 0 Å². The second kappa shape index (κ2) is 5.01. The van der Waals surface area contributed by atoms with Gasteiger partial charge in [0, 0.05) is 18.7 Å². The zero-order chi connectivity index (χ0) is 10.4. The molecule has 4 nitrogen and oxygen atoms in total. The van der Waals surface area contributed by atoms with Gasteiger partial charge in [0.05, 0.1) is 0 Å². The Hall–Kier alpha value is -1.84. The van der Waals surface area contributed by atoms with E-state index in [9.17, 15) is 9.59 Å². The summed E-state index contributed by atoms with van der Waals surface area (Å²) in [7, 11) is 0. The maximum atomic E-state index is 10.7. The normalized spacial score (nSPS) is 9.43. The molecule has 0 spiro atoms. The molecule has 1 rings (SSSR count). The molecule has 2 N–H and O–H groups in total. The van der Waals surface area contributed by atoms with E-state index in [-0.39, 0.29) is 6.42 Å². The van der Waals surface area contributed by atoms with Gasteiger partial charge in [-0.15, -0.1) is 0 Å². The van der Waals surface area contributed by atoms with Gasteiger partial charge in [0.2, 0.25) is 5.78 Å². The summed E-state index contributed by atoms with van der Waals surface area (Å²) in [5.41, 5.74) is 0.880. The minimum atomic E-state index is -1.38. The number of benzene rings is 1. The fourth-order valence-corrected chi connectivity index (χ4v) is 0.983. The molecule has 0 atom stereocenters. The standard InChI is InChI=1S/C10H11NO3/c12-9(10(13)14)6-7-11-8-4-2-1-3-5-8/h1-5,11H,6-7H2,(H,13,14). The second-order valence-electron chi connectivity index (χ2n) is 2.77. The Labute approximate surface area is 81.6 Å². The van der Waals surface area contributed by atoms with Crippen LogP contribution < -0.4 is 5.32 Å². The first-order chi connectivity index (χ1) is 6.70. The van der Waals surface area contributed by atoms with E-state index >= 15 is 0 Å². The van der Waals surface area contributed by atoms with Crippen molar-refractivity contribution in [3.8, 4) is 0 Å².